The fourth-order valence-corrected chi connectivity index (χ4v) is 2.65. The highest BCUT2D eigenvalue weighted by atomic mass is 16.3. The number of benzene rings is 1. The fourth-order valence-electron chi connectivity index (χ4n) is 2.65. The van der Waals surface area contributed by atoms with Crippen LogP contribution in [0.4, 0.5) is 5.82 Å². The van der Waals surface area contributed by atoms with Gasteiger partial charge in [0.25, 0.3) is 5.91 Å². The lowest BCUT2D eigenvalue weighted by molar-refractivity contribution is 0.102. The Kier molecular flexibility index (Phi) is 3.85. The number of amides is 1. The number of hydrogen-bond donors (Lipinski definition) is 2. The number of rotatable bonds is 4. The highest BCUT2D eigenvalue weighted by Gasteiger charge is 2.23. The van der Waals surface area contributed by atoms with Gasteiger partial charge < -0.3 is 10.4 Å². The summed E-state index contributed by atoms with van der Waals surface area (Å²) in [6.45, 7) is 0. The topological polar surface area (TPSA) is 88.0 Å². The van der Waals surface area contributed by atoms with Gasteiger partial charge in [0.15, 0.2) is 0 Å². The Morgan fingerprint density at radius 3 is 2.48 bits per heavy atom. The summed E-state index contributed by atoms with van der Waals surface area (Å²) in [4.78, 5) is 23.6. The van der Waals surface area contributed by atoms with Crippen molar-refractivity contribution in [3.8, 4) is 17.1 Å². The Balaban J connectivity index is 1.49. The molecule has 1 aromatic carbocycles. The quantitative estimate of drug-likeness (QED) is 0.765. The summed E-state index contributed by atoms with van der Waals surface area (Å²) in [7, 11) is 0. The molecule has 1 aliphatic rings. The second-order valence-electron chi connectivity index (χ2n) is 6.06. The maximum atomic E-state index is 12.1. The van der Waals surface area contributed by atoms with Crippen molar-refractivity contribution in [3.63, 3.8) is 0 Å². The molecular weight excluding hydrogens is 316 g/mol. The molecule has 124 valence electrons. The van der Waals surface area contributed by atoms with E-state index in [0.717, 1.165) is 11.1 Å². The van der Waals surface area contributed by atoms with E-state index < -0.39 is 0 Å². The second kappa shape index (κ2) is 6.32. The molecule has 1 saturated carbocycles. The summed E-state index contributed by atoms with van der Waals surface area (Å²) < 4.78 is 0. The number of aromatic hydroxyl groups is 1. The van der Waals surface area contributed by atoms with Crippen molar-refractivity contribution in [3.05, 3.63) is 66.1 Å². The van der Waals surface area contributed by atoms with Gasteiger partial charge >= 0.3 is 6.01 Å². The van der Waals surface area contributed by atoms with Gasteiger partial charge in [-0.25, -0.2) is 15.0 Å². The molecule has 3 aromatic rings. The zero-order chi connectivity index (χ0) is 17.2. The van der Waals surface area contributed by atoms with Gasteiger partial charge in [0, 0.05) is 24.2 Å². The molecule has 0 atom stereocenters. The van der Waals surface area contributed by atoms with Crippen LogP contribution in [0.25, 0.3) is 11.1 Å². The first-order valence-corrected chi connectivity index (χ1v) is 8.08. The lowest BCUT2D eigenvalue weighted by Crippen LogP contribution is -2.13. The predicted molar refractivity (Wildman–Crippen MR) is 93.3 cm³/mol. The van der Waals surface area contributed by atoms with Crippen LogP contribution in [-0.4, -0.2) is 26.0 Å². The van der Waals surface area contributed by atoms with Crippen molar-refractivity contribution in [1.29, 1.82) is 0 Å². The maximum Gasteiger partial charge on any atom is 0.313 e. The van der Waals surface area contributed by atoms with Crippen molar-refractivity contribution in [1.82, 2.24) is 15.0 Å². The standard InChI is InChI=1S/C19H16N4O2/c24-18(16-10-21-19(25)22-11-16)23-17-7-6-15(9-20-17)14-3-1-2-13(8-14)12-4-5-12/h1-3,6-12H,4-5H2,(H,20,23,24)(H,21,22,25). The third-order valence-electron chi connectivity index (χ3n) is 4.17. The SMILES string of the molecule is O=C(Nc1ccc(-c2cccc(C3CC3)c2)cn1)c1cnc(O)nc1. The minimum absolute atomic E-state index is 0.251. The molecule has 1 fully saturated rings. The van der Waals surface area contributed by atoms with E-state index in [0.29, 0.717) is 11.7 Å². The number of carbonyl (C=O) groups is 1. The summed E-state index contributed by atoms with van der Waals surface area (Å²) >= 11 is 0. The third-order valence-corrected chi connectivity index (χ3v) is 4.17. The highest BCUT2D eigenvalue weighted by molar-refractivity contribution is 6.03. The molecule has 2 N–H and O–H groups in total. The number of carbonyl (C=O) groups excluding carboxylic acids is 1. The van der Waals surface area contributed by atoms with E-state index in [1.807, 2.05) is 6.07 Å². The van der Waals surface area contributed by atoms with Crippen LogP contribution in [0.3, 0.4) is 0 Å². The first-order chi connectivity index (χ1) is 12.2. The molecule has 2 aromatic heterocycles. The molecule has 6 heteroatoms. The number of nitrogens with zero attached hydrogens (tertiary/aromatic N) is 3. The smallest absolute Gasteiger partial charge is 0.313 e. The molecule has 2 heterocycles. The summed E-state index contributed by atoms with van der Waals surface area (Å²) in [5, 5.41) is 11.7. The molecule has 0 bridgehead atoms. The number of pyridine rings is 1. The number of aromatic nitrogens is 3. The molecule has 0 spiro atoms. The third kappa shape index (κ3) is 3.47. The van der Waals surface area contributed by atoms with Crippen molar-refractivity contribution in [2.45, 2.75) is 18.8 Å². The summed E-state index contributed by atoms with van der Waals surface area (Å²) in [5.74, 6) is 0.773. The van der Waals surface area contributed by atoms with Gasteiger partial charge in [-0.15, -0.1) is 0 Å². The Morgan fingerprint density at radius 2 is 1.80 bits per heavy atom. The maximum absolute atomic E-state index is 12.1. The minimum Gasteiger partial charge on any atom is -0.479 e. The van der Waals surface area contributed by atoms with Crippen LogP contribution in [0.5, 0.6) is 6.01 Å². The van der Waals surface area contributed by atoms with Gasteiger partial charge in [-0.2, -0.15) is 0 Å². The summed E-state index contributed by atoms with van der Waals surface area (Å²) in [5.41, 5.74) is 3.76. The Labute approximate surface area is 144 Å². The molecule has 1 aliphatic carbocycles. The number of hydrogen-bond acceptors (Lipinski definition) is 5. The molecular formula is C19H16N4O2. The van der Waals surface area contributed by atoms with E-state index in [1.54, 1.807) is 12.3 Å². The zero-order valence-electron chi connectivity index (χ0n) is 13.4. The van der Waals surface area contributed by atoms with Crippen LogP contribution >= 0.6 is 0 Å². The predicted octanol–water partition coefficient (Wildman–Crippen LogP) is 3.37. The average Bonchev–Trinajstić information content (AvgIpc) is 3.48. The van der Waals surface area contributed by atoms with Crippen molar-refractivity contribution < 1.29 is 9.90 Å². The fraction of sp³-hybridized carbons (Fsp3) is 0.158. The van der Waals surface area contributed by atoms with Crippen LogP contribution in [0.15, 0.2) is 55.0 Å². The van der Waals surface area contributed by atoms with Gasteiger partial charge in [0.1, 0.15) is 5.82 Å². The molecule has 1 amide bonds. The van der Waals surface area contributed by atoms with E-state index in [4.69, 9.17) is 5.11 Å². The van der Waals surface area contributed by atoms with Gasteiger partial charge in [0.05, 0.1) is 5.56 Å². The highest BCUT2D eigenvalue weighted by Crippen LogP contribution is 2.41. The summed E-state index contributed by atoms with van der Waals surface area (Å²) in [6, 6.07) is 11.8. The normalized spacial score (nSPS) is 13.4. The van der Waals surface area contributed by atoms with E-state index in [9.17, 15) is 4.79 Å². The van der Waals surface area contributed by atoms with Gasteiger partial charge in [-0.1, -0.05) is 24.3 Å². The first-order valence-electron chi connectivity index (χ1n) is 8.08. The molecule has 0 unspecified atom stereocenters. The lowest BCUT2D eigenvalue weighted by Gasteiger charge is -2.07. The van der Waals surface area contributed by atoms with Crippen LogP contribution < -0.4 is 5.32 Å². The molecule has 25 heavy (non-hydrogen) atoms. The Bertz CT molecular complexity index is 903. The molecule has 6 nitrogen and oxygen atoms in total. The minimum atomic E-state index is -0.379. The van der Waals surface area contributed by atoms with Crippen molar-refractivity contribution in [2.75, 3.05) is 5.32 Å². The summed E-state index contributed by atoms with van der Waals surface area (Å²) in [6.07, 6.45) is 6.81. The average molecular weight is 332 g/mol. The second-order valence-corrected chi connectivity index (χ2v) is 6.06. The molecule has 0 saturated heterocycles. The molecule has 4 rings (SSSR count). The van der Waals surface area contributed by atoms with E-state index in [2.05, 4.69) is 44.5 Å². The monoisotopic (exact) mass is 332 g/mol. The van der Waals surface area contributed by atoms with Crippen LogP contribution in [-0.2, 0) is 0 Å². The van der Waals surface area contributed by atoms with Crippen LogP contribution in [0.1, 0.15) is 34.7 Å². The zero-order valence-corrected chi connectivity index (χ0v) is 13.4. The van der Waals surface area contributed by atoms with Crippen LogP contribution in [0, 0.1) is 0 Å². The van der Waals surface area contributed by atoms with Gasteiger partial charge in [-0.3, -0.25) is 4.79 Å². The Hall–Kier alpha value is -3.28. The number of anilines is 1. The van der Waals surface area contributed by atoms with E-state index in [-0.39, 0.29) is 17.5 Å². The van der Waals surface area contributed by atoms with Gasteiger partial charge in [0.2, 0.25) is 0 Å². The van der Waals surface area contributed by atoms with Gasteiger partial charge in [-0.05, 0) is 42.0 Å². The van der Waals surface area contributed by atoms with Crippen molar-refractivity contribution >= 4 is 11.7 Å². The Morgan fingerprint density at radius 1 is 1.00 bits per heavy atom. The largest absolute Gasteiger partial charge is 0.479 e. The van der Waals surface area contributed by atoms with Crippen molar-refractivity contribution in [2.24, 2.45) is 0 Å². The lowest BCUT2D eigenvalue weighted by atomic mass is 10.0. The molecule has 0 aliphatic heterocycles. The van der Waals surface area contributed by atoms with Crippen LogP contribution in [0.2, 0.25) is 0 Å². The molecule has 0 radical (unpaired) electrons. The first kappa shape index (κ1) is 15.3. The van der Waals surface area contributed by atoms with E-state index in [1.165, 1.54) is 30.8 Å². The van der Waals surface area contributed by atoms with E-state index >= 15 is 0 Å². The number of nitrogens with one attached hydrogen (secondary N) is 1.